The van der Waals surface area contributed by atoms with E-state index in [1.54, 1.807) is 0 Å². The molecule has 1 aliphatic rings. The summed E-state index contributed by atoms with van der Waals surface area (Å²) in [5.74, 6) is -1.38. The first kappa shape index (κ1) is 14.4. The fourth-order valence-electron chi connectivity index (χ4n) is 2.25. The summed E-state index contributed by atoms with van der Waals surface area (Å²) in [5.41, 5.74) is -0.412. The number of nitrogens with zero attached hydrogens (tertiary/aromatic N) is 3. The van der Waals surface area contributed by atoms with E-state index in [0.29, 0.717) is 6.61 Å². The topological polar surface area (TPSA) is 106 Å². The summed E-state index contributed by atoms with van der Waals surface area (Å²) < 4.78 is 6.79. The van der Waals surface area contributed by atoms with Gasteiger partial charge in [0.15, 0.2) is 5.69 Å². The fraction of sp³-hybridized carbons (Fsp3) is 0.667. The number of hydrogen-bond acceptors (Lipinski definition) is 5. The third kappa shape index (κ3) is 3.77. The Labute approximate surface area is 116 Å². The molecule has 1 fully saturated rings. The zero-order chi connectivity index (χ0) is 14.8. The Hall–Kier alpha value is -1.96. The molecule has 2 rings (SSSR count). The van der Waals surface area contributed by atoms with E-state index in [-0.39, 0.29) is 29.8 Å². The van der Waals surface area contributed by atoms with E-state index in [1.807, 2.05) is 13.8 Å². The molecule has 2 N–H and O–H groups in total. The minimum absolute atomic E-state index is 0.0436. The molecule has 2 heterocycles. The molecule has 0 saturated carbocycles. The second-order valence-electron chi connectivity index (χ2n) is 5.47. The molecule has 0 aromatic carbocycles. The van der Waals surface area contributed by atoms with Crippen LogP contribution >= 0.6 is 0 Å². The number of nitrogens with one attached hydrogen (secondary N) is 1. The van der Waals surface area contributed by atoms with Crippen molar-refractivity contribution in [1.29, 1.82) is 0 Å². The lowest BCUT2D eigenvalue weighted by molar-refractivity contribution is -0.124. The van der Waals surface area contributed by atoms with Crippen molar-refractivity contribution in [3.05, 3.63) is 11.9 Å². The molecule has 1 aliphatic heterocycles. The van der Waals surface area contributed by atoms with E-state index < -0.39 is 5.97 Å². The zero-order valence-electron chi connectivity index (χ0n) is 11.5. The molecule has 1 aromatic heterocycles. The lowest BCUT2D eigenvalue weighted by atomic mass is 9.94. The van der Waals surface area contributed by atoms with Crippen LogP contribution in [0.25, 0.3) is 0 Å². The minimum atomic E-state index is -1.16. The second kappa shape index (κ2) is 5.58. The van der Waals surface area contributed by atoms with Crippen LogP contribution in [0.2, 0.25) is 0 Å². The first-order chi connectivity index (χ1) is 9.35. The minimum Gasteiger partial charge on any atom is -0.476 e. The molecule has 1 saturated heterocycles. The van der Waals surface area contributed by atoms with Gasteiger partial charge in [-0.05, 0) is 26.7 Å². The van der Waals surface area contributed by atoms with E-state index in [9.17, 15) is 9.59 Å². The first-order valence-electron chi connectivity index (χ1n) is 6.42. The molecule has 0 radical (unpaired) electrons. The van der Waals surface area contributed by atoms with E-state index in [4.69, 9.17) is 9.84 Å². The Morgan fingerprint density at radius 2 is 2.35 bits per heavy atom. The van der Waals surface area contributed by atoms with Crippen LogP contribution < -0.4 is 5.32 Å². The van der Waals surface area contributed by atoms with Crippen molar-refractivity contribution in [2.75, 3.05) is 6.61 Å². The van der Waals surface area contributed by atoms with E-state index in [0.717, 1.165) is 12.8 Å². The summed E-state index contributed by atoms with van der Waals surface area (Å²) in [5, 5.41) is 18.7. The van der Waals surface area contributed by atoms with Gasteiger partial charge in [-0.25, -0.2) is 9.48 Å². The van der Waals surface area contributed by atoms with Gasteiger partial charge in [-0.15, -0.1) is 5.10 Å². The van der Waals surface area contributed by atoms with Crippen LogP contribution in [0, 0.1) is 0 Å². The molecule has 1 atom stereocenters. The summed E-state index contributed by atoms with van der Waals surface area (Å²) in [7, 11) is 0. The number of rotatable bonds is 4. The zero-order valence-corrected chi connectivity index (χ0v) is 11.5. The van der Waals surface area contributed by atoms with E-state index in [1.165, 1.54) is 10.9 Å². The third-order valence-electron chi connectivity index (χ3n) is 3.13. The van der Waals surface area contributed by atoms with Crippen molar-refractivity contribution >= 4 is 11.9 Å². The molecule has 1 unspecified atom stereocenters. The van der Waals surface area contributed by atoms with Gasteiger partial charge < -0.3 is 15.2 Å². The Morgan fingerprint density at radius 3 is 2.95 bits per heavy atom. The second-order valence-corrected chi connectivity index (χ2v) is 5.47. The molecular formula is C12H18N4O4. The maximum Gasteiger partial charge on any atom is 0.358 e. The van der Waals surface area contributed by atoms with Gasteiger partial charge in [0.25, 0.3) is 0 Å². The number of aromatic carboxylic acids is 1. The highest BCUT2D eigenvalue weighted by atomic mass is 16.5. The number of aromatic nitrogens is 3. The van der Waals surface area contributed by atoms with Crippen molar-refractivity contribution in [2.45, 2.75) is 44.9 Å². The van der Waals surface area contributed by atoms with Crippen LogP contribution in [0.1, 0.15) is 37.2 Å². The molecule has 1 aromatic rings. The molecule has 110 valence electrons. The van der Waals surface area contributed by atoms with Gasteiger partial charge in [-0.2, -0.15) is 0 Å². The highest BCUT2D eigenvalue weighted by Gasteiger charge is 2.29. The molecule has 0 aliphatic carbocycles. The van der Waals surface area contributed by atoms with Gasteiger partial charge in [-0.3, -0.25) is 4.79 Å². The van der Waals surface area contributed by atoms with Crippen molar-refractivity contribution in [2.24, 2.45) is 0 Å². The number of carbonyl (C=O) groups excluding carboxylic acids is 1. The molecule has 8 nitrogen and oxygen atoms in total. The van der Waals surface area contributed by atoms with Gasteiger partial charge in [0, 0.05) is 12.6 Å². The van der Waals surface area contributed by atoms with Crippen molar-refractivity contribution < 1.29 is 19.4 Å². The molecule has 1 amide bonds. The monoisotopic (exact) mass is 282 g/mol. The summed E-state index contributed by atoms with van der Waals surface area (Å²) >= 11 is 0. The summed E-state index contributed by atoms with van der Waals surface area (Å²) in [6, 6.07) is 0.0636. The maximum absolute atomic E-state index is 11.9. The SMILES string of the molecule is CC1(C)CC(NC(=O)Cn2cc(C(=O)O)nn2)CCO1. The number of carboxylic acid groups (broad SMARTS) is 1. The van der Waals surface area contributed by atoms with Crippen LogP contribution in [0.5, 0.6) is 0 Å². The molecule has 8 heteroatoms. The summed E-state index contributed by atoms with van der Waals surface area (Å²) in [6.45, 7) is 4.55. The van der Waals surface area contributed by atoms with Gasteiger partial charge >= 0.3 is 5.97 Å². The summed E-state index contributed by atoms with van der Waals surface area (Å²) in [4.78, 5) is 22.5. The normalized spacial score (nSPS) is 21.4. The van der Waals surface area contributed by atoms with Gasteiger partial charge in [0.1, 0.15) is 6.54 Å². The Balaban J connectivity index is 1.87. The standard InChI is InChI=1S/C12H18N4O4/c1-12(2)5-8(3-4-20-12)13-10(17)7-16-6-9(11(18)19)14-15-16/h6,8H,3-5,7H2,1-2H3,(H,13,17)(H,18,19). The fourth-order valence-corrected chi connectivity index (χ4v) is 2.25. The van der Waals surface area contributed by atoms with Crippen LogP contribution in [-0.4, -0.2) is 50.2 Å². The Morgan fingerprint density at radius 1 is 1.60 bits per heavy atom. The summed E-state index contributed by atoms with van der Waals surface area (Å²) in [6.07, 6.45) is 2.75. The number of carboxylic acids is 1. The molecule has 0 spiro atoms. The van der Waals surface area contributed by atoms with Gasteiger partial charge in [0.2, 0.25) is 5.91 Å². The van der Waals surface area contributed by atoms with Gasteiger partial charge in [0.05, 0.1) is 11.8 Å². The quantitative estimate of drug-likeness (QED) is 0.808. The number of ether oxygens (including phenoxy) is 1. The average Bonchev–Trinajstić information content (AvgIpc) is 2.75. The first-order valence-corrected chi connectivity index (χ1v) is 6.42. The number of amides is 1. The number of carbonyl (C=O) groups is 2. The smallest absolute Gasteiger partial charge is 0.358 e. The molecule has 20 heavy (non-hydrogen) atoms. The van der Waals surface area contributed by atoms with E-state index >= 15 is 0 Å². The maximum atomic E-state index is 11.9. The third-order valence-corrected chi connectivity index (χ3v) is 3.13. The van der Waals surface area contributed by atoms with Crippen LogP contribution in [0.3, 0.4) is 0 Å². The Bertz CT molecular complexity index is 511. The van der Waals surface area contributed by atoms with Crippen LogP contribution in [-0.2, 0) is 16.1 Å². The lowest BCUT2D eigenvalue weighted by Crippen LogP contribution is -2.46. The highest BCUT2D eigenvalue weighted by Crippen LogP contribution is 2.23. The highest BCUT2D eigenvalue weighted by molar-refractivity contribution is 5.84. The van der Waals surface area contributed by atoms with Crippen LogP contribution in [0.4, 0.5) is 0 Å². The largest absolute Gasteiger partial charge is 0.476 e. The molecular weight excluding hydrogens is 264 g/mol. The van der Waals surface area contributed by atoms with Crippen LogP contribution in [0.15, 0.2) is 6.20 Å². The average molecular weight is 282 g/mol. The van der Waals surface area contributed by atoms with Gasteiger partial charge in [-0.1, -0.05) is 5.21 Å². The molecule has 0 bridgehead atoms. The predicted molar refractivity (Wildman–Crippen MR) is 68.2 cm³/mol. The van der Waals surface area contributed by atoms with Crippen molar-refractivity contribution in [3.8, 4) is 0 Å². The lowest BCUT2D eigenvalue weighted by Gasteiger charge is -2.35. The van der Waals surface area contributed by atoms with Crippen molar-refractivity contribution in [3.63, 3.8) is 0 Å². The predicted octanol–water partition coefficient (Wildman–Crippen LogP) is 0.0501. The van der Waals surface area contributed by atoms with E-state index in [2.05, 4.69) is 15.6 Å². The Kier molecular flexibility index (Phi) is 4.03. The number of hydrogen-bond donors (Lipinski definition) is 2. The van der Waals surface area contributed by atoms with Crippen molar-refractivity contribution in [1.82, 2.24) is 20.3 Å².